The molecule has 7 heteroatoms. The average molecular weight is 358 g/mol. The molecule has 0 spiro atoms. The lowest BCUT2D eigenvalue weighted by Gasteiger charge is -2.32. The van der Waals surface area contributed by atoms with E-state index in [4.69, 9.17) is 16.0 Å². The standard InChI is InChI=1S/C15H24ClN3OSSi/c1-15(2,3)10(20-22(5)6)7-9-8-17-13-11(9)12(16)18-14(19-13)21-4/h8,10,22H,7H2,1-6H3,(H,17,18,19). The van der Waals surface area contributed by atoms with E-state index >= 15 is 0 Å². The first kappa shape index (κ1) is 17.8. The Morgan fingerprint density at radius 1 is 1.36 bits per heavy atom. The van der Waals surface area contributed by atoms with Crippen LogP contribution < -0.4 is 0 Å². The van der Waals surface area contributed by atoms with Gasteiger partial charge in [-0.25, -0.2) is 9.97 Å². The number of hydrogen-bond donors (Lipinski definition) is 1. The summed E-state index contributed by atoms with van der Waals surface area (Å²) in [6.07, 6.45) is 4.91. The van der Waals surface area contributed by atoms with Gasteiger partial charge in [-0.15, -0.1) is 0 Å². The lowest BCUT2D eigenvalue weighted by atomic mass is 9.85. The number of fused-ring (bicyclic) bond motifs is 1. The van der Waals surface area contributed by atoms with Crippen LogP contribution in [0.1, 0.15) is 26.3 Å². The minimum Gasteiger partial charge on any atom is -0.417 e. The molecule has 1 atom stereocenters. The number of H-pyrrole nitrogens is 1. The molecule has 0 aliphatic rings. The Morgan fingerprint density at radius 2 is 2.05 bits per heavy atom. The van der Waals surface area contributed by atoms with Crippen LogP contribution in [0, 0.1) is 5.41 Å². The summed E-state index contributed by atoms with van der Waals surface area (Å²) in [7, 11) is -1.12. The van der Waals surface area contributed by atoms with Crippen molar-refractivity contribution in [3.63, 3.8) is 0 Å². The van der Waals surface area contributed by atoms with Crippen molar-refractivity contribution in [1.82, 2.24) is 15.0 Å². The lowest BCUT2D eigenvalue weighted by Crippen LogP contribution is -2.35. The van der Waals surface area contributed by atoms with Crippen molar-refractivity contribution >= 4 is 43.4 Å². The molecule has 0 amide bonds. The fourth-order valence-corrected chi connectivity index (χ4v) is 4.24. The Hall–Kier alpha value is -0.563. The Balaban J connectivity index is 2.38. The van der Waals surface area contributed by atoms with Crippen molar-refractivity contribution in [3.05, 3.63) is 16.9 Å². The third-order valence-electron chi connectivity index (χ3n) is 3.54. The van der Waals surface area contributed by atoms with Crippen LogP contribution in [0.4, 0.5) is 0 Å². The normalized spacial score (nSPS) is 14.0. The van der Waals surface area contributed by atoms with Crippen molar-refractivity contribution in [3.8, 4) is 0 Å². The van der Waals surface area contributed by atoms with Gasteiger partial charge >= 0.3 is 0 Å². The zero-order chi connectivity index (χ0) is 16.5. The molecule has 2 aromatic rings. The molecule has 0 aromatic carbocycles. The smallest absolute Gasteiger partial charge is 0.190 e. The van der Waals surface area contributed by atoms with E-state index in [-0.39, 0.29) is 11.5 Å². The molecule has 2 heterocycles. The van der Waals surface area contributed by atoms with Gasteiger partial charge in [-0.05, 0) is 30.3 Å². The third-order valence-corrected chi connectivity index (χ3v) is 5.23. The molecular weight excluding hydrogens is 334 g/mol. The Kier molecular flexibility index (Phi) is 5.58. The summed E-state index contributed by atoms with van der Waals surface area (Å²) in [4.78, 5) is 12.1. The van der Waals surface area contributed by atoms with Gasteiger partial charge in [0.25, 0.3) is 0 Å². The summed E-state index contributed by atoms with van der Waals surface area (Å²) in [6, 6.07) is 0. The molecule has 1 N–H and O–H groups in total. The summed E-state index contributed by atoms with van der Waals surface area (Å²) in [5.74, 6) is 0. The predicted molar refractivity (Wildman–Crippen MR) is 97.6 cm³/mol. The van der Waals surface area contributed by atoms with Crippen LogP contribution in [0.3, 0.4) is 0 Å². The van der Waals surface area contributed by atoms with E-state index in [0.717, 1.165) is 23.0 Å². The highest BCUT2D eigenvalue weighted by Crippen LogP contribution is 2.31. The Labute approximate surface area is 143 Å². The van der Waals surface area contributed by atoms with E-state index in [1.54, 1.807) is 0 Å². The van der Waals surface area contributed by atoms with E-state index in [1.165, 1.54) is 11.8 Å². The minimum atomic E-state index is -1.12. The van der Waals surface area contributed by atoms with Crippen LogP contribution in [-0.4, -0.2) is 36.4 Å². The van der Waals surface area contributed by atoms with Gasteiger partial charge in [0, 0.05) is 12.6 Å². The number of aromatic amines is 1. The highest BCUT2D eigenvalue weighted by atomic mass is 35.5. The number of nitrogens with one attached hydrogen (secondary N) is 1. The highest BCUT2D eigenvalue weighted by molar-refractivity contribution is 7.98. The summed E-state index contributed by atoms with van der Waals surface area (Å²) in [5, 5.41) is 2.12. The first-order valence-electron chi connectivity index (χ1n) is 7.45. The number of aromatic nitrogens is 3. The van der Waals surface area contributed by atoms with Crippen LogP contribution in [0.15, 0.2) is 11.4 Å². The number of thioether (sulfide) groups is 1. The number of nitrogens with zero attached hydrogens (tertiary/aromatic N) is 2. The van der Waals surface area contributed by atoms with Gasteiger partial charge < -0.3 is 9.41 Å². The number of hydrogen-bond acceptors (Lipinski definition) is 4. The second kappa shape index (κ2) is 6.91. The monoisotopic (exact) mass is 357 g/mol. The van der Waals surface area contributed by atoms with Gasteiger partial charge in [-0.1, -0.05) is 44.1 Å². The van der Waals surface area contributed by atoms with Gasteiger partial charge in [0.05, 0.1) is 11.5 Å². The van der Waals surface area contributed by atoms with E-state index in [9.17, 15) is 0 Å². The molecule has 122 valence electrons. The zero-order valence-corrected chi connectivity index (χ0v) is 16.8. The van der Waals surface area contributed by atoms with Gasteiger partial charge in [-0.3, -0.25) is 0 Å². The van der Waals surface area contributed by atoms with Gasteiger partial charge in [0.15, 0.2) is 14.2 Å². The molecule has 0 bridgehead atoms. The maximum Gasteiger partial charge on any atom is 0.190 e. The summed E-state index contributed by atoms with van der Waals surface area (Å²) in [5.41, 5.74) is 2.00. The molecular formula is C15H24ClN3OSSi. The first-order chi connectivity index (χ1) is 10.2. The summed E-state index contributed by atoms with van der Waals surface area (Å²) >= 11 is 7.86. The van der Waals surface area contributed by atoms with Crippen LogP contribution in [-0.2, 0) is 10.8 Å². The number of rotatable bonds is 5. The molecule has 4 nitrogen and oxygen atoms in total. The molecule has 1 unspecified atom stereocenters. The second-order valence-corrected chi connectivity index (χ2v) is 10.3. The molecule has 0 aliphatic heterocycles. The maximum atomic E-state index is 6.37. The minimum absolute atomic E-state index is 0.0768. The van der Waals surface area contributed by atoms with Crippen molar-refractivity contribution in [2.45, 2.75) is 51.5 Å². The first-order valence-corrected chi connectivity index (χ1v) is 11.8. The molecule has 0 radical (unpaired) electrons. The van der Waals surface area contributed by atoms with Crippen molar-refractivity contribution < 1.29 is 4.43 Å². The van der Waals surface area contributed by atoms with Gasteiger partial charge in [-0.2, -0.15) is 0 Å². The number of halogens is 1. The molecule has 2 rings (SSSR count). The highest BCUT2D eigenvalue weighted by Gasteiger charge is 2.28. The van der Waals surface area contributed by atoms with E-state index in [1.807, 2.05) is 12.5 Å². The molecule has 0 saturated carbocycles. The van der Waals surface area contributed by atoms with E-state index in [0.29, 0.717) is 10.3 Å². The zero-order valence-electron chi connectivity index (χ0n) is 14.0. The van der Waals surface area contributed by atoms with Crippen LogP contribution in [0.2, 0.25) is 18.2 Å². The van der Waals surface area contributed by atoms with Gasteiger partial charge in [0.2, 0.25) is 0 Å². The van der Waals surface area contributed by atoms with Crippen LogP contribution in [0.5, 0.6) is 0 Å². The van der Waals surface area contributed by atoms with E-state index < -0.39 is 9.04 Å². The maximum absolute atomic E-state index is 6.37. The lowest BCUT2D eigenvalue weighted by molar-refractivity contribution is 0.0870. The van der Waals surface area contributed by atoms with E-state index in [2.05, 4.69) is 48.8 Å². The van der Waals surface area contributed by atoms with Crippen LogP contribution >= 0.6 is 23.4 Å². The van der Waals surface area contributed by atoms with Crippen molar-refractivity contribution in [1.29, 1.82) is 0 Å². The fourth-order valence-electron chi connectivity index (χ4n) is 2.37. The quantitative estimate of drug-likeness (QED) is 0.375. The predicted octanol–water partition coefficient (Wildman–Crippen LogP) is 4.29. The van der Waals surface area contributed by atoms with Crippen molar-refractivity contribution in [2.75, 3.05) is 6.26 Å². The SMILES string of the molecule is CSc1nc(Cl)c2c(CC(O[SiH](C)C)C(C)(C)C)c[nH]c2n1. The van der Waals surface area contributed by atoms with Crippen LogP contribution in [0.25, 0.3) is 11.0 Å². The topological polar surface area (TPSA) is 50.8 Å². The largest absolute Gasteiger partial charge is 0.417 e. The summed E-state index contributed by atoms with van der Waals surface area (Å²) < 4.78 is 6.26. The van der Waals surface area contributed by atoms with Crippen molar-refractivity contribution in [2.24, 2.45) is 5.41 Å². The van der Waals surface area contributed by atoms with Gasteiger partial charge in [0.1, 0.15) is 10.8 Å². The third kappa shape index (κ3) is 4.04. The molecule has 0 saturated heterocycles. The molecule has 0 aliphatic carbocycles. The summed E-state index contributed by atoms with van der Waals surface area (Å²) in [6.45, 7) is 11.1. The molecule has 2 aromatic heterocycles. The average Bonchev–Trinajstić information content (AvgIpc) is 2.80. The second-order valence-electron chi connectivity index (χ2n) is 6.78. The molecule has 0 fully saturated rings. The fraction of sp³-hybridized carbons (Fsp3) is 0.600. The Bertz CT molecular complexity index is 654. The Morgan fingerprint density at radius 3 is 2.59 bits per heavy atom. The molecule has 22 heavy (non-hydrogen) atoms.